The Labute approximate surface area is 96.8 Å². The van der Waals surface area contributed by atoms with Crippen molar-refractivity contribution in [3.63, 3.8) is 0 Å². The summed E-state index contributed by atoms with van der Waals surface area (Å²) in [6.45, 7) is 2.01. The molecule has 2 rings (SSSR count). The zero-order valence-electron chi connectivity index (χ0n) is 8.57. The molecule has 0 aliphatic carbocycles. The number of benzene rings is 1. The molecule has 0 N–H and O–H groups in total. The molecule has 1 heterocycles. The number of aryl methyl sites for hydroxylation is 1. The number of halogens is 1. The van der Waals surface area contributed by atoms with E-state index in [1.54, 1.807) is 11.8 Å². The van der Waals surface area contributed by atoms with Crippen LogP contribution in [0.15, 0.2) is 35.1 Å². The van der Waals surface area contributed by atoms with Crippen LogP contribution < -0.4 is 4.74 Å². The molecule has 0 atom stereocenters. The van der Waals surface area contributed by atoms with E-state index in [9.17, 15) is 0 Å². The number of hydrogen-bond acceptors (Lipinski definition) is 2. The summed E-state index contributed by atoms with van der Waals surface area (Å²) in [5.41, 5.74) is 2.06. The molecule has 0 amide bonds. The first-order chi connectivity index (χ1) is 7.20. The zero-order chi connectivity index (χ0) is 10.8. The van der Waals surface area contributed by atoms with Gasteiger partial charge in [-0.1, -0.05) is 15.9 Å². The lowest BCUT2D eigenvalue weighted by molar-refractivity contribution is 0.411. The van der Waals surface area contributed by atoms with Crippen molar-refractivity contribution in [2.24, 2.45) is 0 Å². The second kappa shape index (κ2) is 4.06. The lowest BCUT2D eigenvalue weighted by Gasteiger charge is -2.08. The van der Waals surface area contributed by atoms with E-state index in [4.69, 9.17) is 4.74 Å². The quantitative estimate of drug-likeness (QED) is 0.836. The molecule has 15 heavy (non-hydrogen) atoms. The van der Waals surface area contributed by atoms with Crippen molar-refractivity contribution in [1.82, 2.24) is 9.78 Å². The highest BCUT2D eigenvalue weighted by Gasteiger charge is 2.06. The van der Waals surface area contributed by atoms with Gasteiger partial charge < -0.3 is 4.74 Å². The van der Waals surface area contributed by atoms with Crippen LogP contribution in [-0.2, 0) is 0 Å². The van der Waals surface area contributed by atoms with Crippen LogP contribution in [-0.4, -0.2) is 16.9 Å². The summed E-state index contributed by atoms with van der Waals surface area (Å²) in [6, 6.07) is 5.86. The molecule has 0 saturated carbocycles. The largest absolute Gasteiger partial charge is 0.494 e. The van der Waals surface area contributed by atoms with E-state index in [2.05, 4.69) is 21.0 Å². The average Bonchev–Trinajstić information content (AvgIpc) is 2.64. The van der Waals surface area contributed by atoms with E-state index in [0.717, 1.165) is 21.5 Å². The Morgan fingerprint density at radius 1 is 1.40 bits per heavy atom. The molecule has 3 nitrogen and oxygen atoms in total. The molecule has 0 saturated heterocycles. The van der Waals surface area contributed by atoms with Gasteiger partial charge >= 0.3 is 0 Å². The van der Waals surface area contributed by atoms with Gasteiger partial charge in [-0.2, -0.15) is 5.10 Å². The van der Waals surface area contributed by atoms with E-state index in [-0.39, 0.29) is 0 Å². The molecule has 0 bridgehead atoms. The van der Waals surface area contributed by atoms with E-state index in [1.165, 1.54) is 0 Å². The van der Waals surface area contributed by atoms with Crippen molar-refractivity contribution in [3.05, 3.63) is 40.6 Å². The maximum Gasteiger partial charge on any atom is 0.145 e. The third kappa shape index (κ3) is 2.04. The van der Waals surface area contributed by atoms with E-state index < -0.39 is 0 Å². The average molecular weight is 267 g/mol. The fourth-order valence-corrected chi connectivity index (χ4v) is 1.73. The Hall–Kier alpha value is -1.29. The molecular formula is C11H11BrN2O. The van der Waals surface area contributed by atoms with Crippen LogP contribution in [0.4, 0.5) is 0 Å². The minimum atomic E-state index is 0.799. The van der Waals surface area contributed by atoms with Gasteiger partial charge in [-0.15, -0.1) is 0 Å². The third-order valence-corrected chi connectivity index (χ3v) is 2.59. The predicted octanol–water partition coefficient (Wildman–Crippen LogP) is 2.95. The Bertz CT molecular complexity index is 479. The Balaban J connectivity index is 2.52. The Morgan fingerprint density at radius 3 is 2.80 bits per heavy atom. The maximum absolute atomic E-state index is 5.30. The van der Waals surface area contributed by atoms with Crippen molar-refractivity contribution < 1.29 is 4.74 Å². The molecule has 78 valence electrons. The maximum atomic E-state index is 5.30. The summed E-state index contributed by atoms with van der Waals surface area (Å²) in [5, 5.41) is 4.25. The minimum Gasteiger partial charge on any atom is -0.494 e. The molecule has 4 heteroatoms. The topological polar surface area (TPSA) is 27.1 Å². The normalized spacial score (nSPS) is 10.3. The number of methoxy groups -OCH3 is 1. The SMILES string of the molecule is COc1cc(Br)ccc1-n1cc(C)cn1. The lowest BCUT2D eigenvalue weighted by Crippen LogP contribution is -1.98. The van der Waals surface area contributed by atoms with Gasteiger partial charge in [0.1, 0.15) is 11.4 Å². The summed E-state index contributed by atoms with van der Waals surface area (Å²) < 4.78 is 8.10. The first kappa shape index (κ1) is 10.2. The molecule has 0 fully saturated rings. The molecule has 0 aliphatic heterocycles. The van der Waals surface area contributed by atoms with Crippen LogP contribution in [0.25, 0.3) is 5.69 Å². The van der Waals surface area contributed by atoms with Gasteiger partial charge in [0, 0.05) is 10.7 Å². The van der Waals surface area contributed by atoms with E-state index in [0.29, 0.717) is 0 Å². The van der Waals surface area contributed by atoms with Crippen molar-refractivity contribution in [1.29, 1.82) is 0 Å². The third-order valence-electron chi connectivity index (χ3n) is 2.10. The Morgan fingerprint density at radius 2 is 2.20 bits per heavy atom. The molecule has 1 aromatic heterocycles. The first-order valence-electron chi connectivity index (χ1n) is 4.56. The van der Waals surface area contributed by atoms with Crippen molar-refractivity contribution in [2.75, 3.05) is 7.11 Å². The molecule has 0 aliphatic rings. The molecular weight excluding hydrogens is 256 g/mol. The van der Waals surface area contributed by atoms with Crippen LogP contribution in [0, 0.1) is 6.92 Å². The first-order valence-corrected chi connectivity index (χ1v) is 5.35. The highest BCUT2D eigenvalue weighted by atomic mass is 79.9. The van der Waals surface area contributed by atoms with Crippen LogP contribution >= 0.6 is 15.9 Å². The van der Waals surface area contributed by atoms with Crippen LogP contribution in [0.5, 0.6) is 5.75 Å². The smallest absolute Gasteiger partial charge is 0.145 e. The fraction of sp³-hybridized carbons (Fsp3) is 0.182. The second-order valence-corrected chi connectivity index (χ2v) is 4.19. The second-order valence-electron chi connectivity index (χ2n) is 3.28. The van der Waals surface area contributed by atoms with Gasteiger partial charge in [0.05, 0.1) is 13.3 Å². The van der Waals surface area contributed by atoms with Gasteiger partial charge in [0.25, 0.3) is 0 Å². The fourth-order valence-electron chi connectivity index (χ4n) is 1.39. The van der Waals surface area contributed by atoms with Gasteiger partial charge in [-0.05, 0) is 30.7 Å². The minimum absolute atomic E-state index is 0.799. The van der Waals surface area contributed by atoms with Crippen molar-refractivity contribution in [2.45, 2.75) is 6.92 Å². The molecule has 0 unspecified atom stereocenters. The number of hydrogen-bond donors (Lipinski definition) is 0. The summed E-state index contributed by atoms with van der Waals surface area (Å²) in [7, 11) is 1.65. The molecule has 0 radical (unpaired) electrons. The highest BCUT2D eigenvalue weighted by molar-refractivity contribution is 9.10. The number of nitrogens with zero attached hydrogens (tertiary/aromatic N) is 2. The lowest BCUT2D eigenvalue weighted by atomic mass is 10.3. The summed E-state index contributed by atoms with van der Waals surface area (Å²) in [4.78, 5) is 0. The van der Waals surface area contributed by atoms with Gasteiger partial charge in [0.2, 0.25) is 0 Å². The van der Waals surface area contributed by atoms with Crippen LogP contribution in [0.2, 0.25) is 0 Å². The summed E-state index contributed by atoms with van der Waals surface area (Å²) >= 11 is 3.41. The van der Waals surface area contributed by atoms with E-state index >= 15 is 0 Å². The van der Waals surface area contributed by atoms with E-state index in [1.807, 2.05) is 37.5 Å². The Kier molecular flexibility index (Phi) is 2.77. The van der Waals surface area contributed by atoms with Gasteiger partial charge in [0.15, 0.2) is 0 Å². The van der Waals surface area contributed by atoms with Crippen molar-refractivity contribution >= 4 is 15.9 Å². The summed E-state index contributed by atoms with van der Waals surface area (Å²) in [5.74, 6) is 0.799. The highest BCUT2D eigenvalue weighted by Crippen LogP contribution is 2.26. The van der Waals surface area contributed by atoms with Gasteiger partial charge in [-0.25, -0.2) is 4.68 Å². The molecule has 1 aromatic carbocycles. The molecule has 2 aromatic rings. The number of rotatable bonds is 2. The van der Waals surface area contributed by atoms with Crippen LogP contribution in [0.3, 0.4) is 0 Å². The predicted molar refractivity (Wildman–Crippen MR) is 62.6 cm³/mol. The van der Waals surface area contributed by atoms with Crippen LogP contribution in [0.1, 0.15) is 5.56 Å². The summed E-state index contributed by atoms with van der Waals surface area (Å²) in [6.07, 6.45) is 3.78. The number of aromatic nitrogens is 2. The van der Waals surface area contributed by atoms with Gasteiger partial charge in [-0.3, -0.25) is 0 Å². The standard InChI is InChI=1S/C11H11BrN2O/c1-8-6-13-14(7-8)10-4-3-9(12)5-11(10)15-2/h3-7H,1-2H3. The zero-order valence-corrected chi connectivity index (χ0v) is 10.2. The number of ether oxygens (including phenoxy) is 1. The van der Waals surface area contributed by atoms with Crippen molar-refractivity contribution in [3.8, 4) is 11.4 Å². The molecule has 0 spiro atoms. The monoisotopic (exact) mass is 266 g/mol.